The van der Waals surface area contributed by atoms with Gasteiger partial charge in [0.05, 0.1) is 16.7 Å². The molecule has 1 aliphatic rings. The van der Waals surface area contributed by atoms with Gasteiger partial charge in [0.1, 0.15) is 17.6 Å². The van der Waals surface area contributed by atoms with Crippen molar-refractivity contribution in [1.29, 1.82) is 0 Å². The zero-order valence-electron chi connectivity index (χ0n) is 21.7. The van der Waals surface area contributed by atoms with Crippen LogP contribution in [0.2, 0.25) is 0 Å². The predicted octanol–water partition coefficient (Wildman–Crippen LogP) is 6.05. The SMILES string of the molecule is CC(C)(CCCCc1cccc(C2Oc3cccc(OC(F)F)c3-c3ccc(CS(N)(=O)=O)cc32)c1)C(=O)O. The van der Waals surface area contributed by atoms with Gasteiger partial charge in [-0.05, 0) is 67.5 Å². The van der Waals surface area contributed by atoms with Gasteiger partial charge in [0.2, 0.25) is 10.0 Å². The third-order valence-corrected chi connectivity index (χ3v) is 7.57. The second kappa shape index (κ2) is 11.3. The molecule has 0 aliphatic carbocycles. The van der Waals surface area contributed by atoms with Crippen LogP contribution in [0, 0.1) is 5.41 Å². The Hall–Kier alpha value is -3.50. The highest BCUT2D eigenvalue weighted by molar-refractivity contribution is 7.88. The van der Waals surface area contributed by atoms with Gasteiger partial charge in [0.25, 0.3) is 0 Å². The summed E-state index contributed by atoms with van der Waals surface area (Å²) in [7, 11) is -3.81. The summed E-state index contributed by atoms with van der Waals surface area (Å²) in [4.78, 5) is 11.4. The molecule has 0 saturated carbocycles. The first kappa shape index (κ1) is 28.5. The minimum absolute atomic E-state index is 0.0422. The molecule has 1 unspecified atom stereocenters. The first-order valence-corrected chi connectivity index (χ1v) is 14.3. The van der Waals surface area contributed by atoms with Gasteiger partial charge in [-0.25, -0.2) is 13.6 Å². The van der Waals surface area contributed by atoms with E-state index < -0.39 is 34.1 Å². The fourth-order valence-corrected chi connectivity index (χ4v) is 5.44. The molecule has 0 saturated heterocycles. The Bertz CT molecular complexity index is 1470. The quantitative estimate of drug-likeness (QED) is 0.276. The van der Waals surface area contributed by atoms with Gasteiger partial charge in [0, 0.05) is 5.56 Å². The Morgan fingerprint density at radius 1 is 1.08 bits per heavy atom. The largest absolute Gasteiger partial charge is 0.481 e. The van der Waals surface area contributed by atoms with Crippen molar-refractivity contribution in [2.24, 2.45) is 10.6 Å². The van der Waals surface area contributed by atoms with Gasteiger partial charge in [0.15, 0.2) is 0 Å². The fraction of sp³-hybridized carbons (Fsp3) is 0.345. The minimum atomic E-state index is -3.81. The summed E-state index contributed by atoms with van der Waals surface area (Å²) in [5.41, 5.74) is 3.06. The molecule has 0 aromatic heterocycles. The third-order valence-electron chi connectivity index (χ3n) is 6.83. The Kier molecular flexibility index (Phi) is 8.27. The summed E-state index contributed by atoms with van der Waals surface area (Å²) in [6.45, 7) is 0.401. The Morgan fingerprint density at radius 2 is 1.82 bits per heavy atom. The van der Waals surface area contributed by atoms with E-state index in [1.165, 1.54) is 6.07 Å². The van der Waals surface area contributed by atoms with E-state index in [0.717, 1.165) is 30.4 Å². The number of rotatable bonds is 11. The van der Waals surface area contributed by atoms with Crippen molar-refractivity contribution in [3.05, 3.63) is 82.9 Å². The van der Waals surface area contributed by atoms with Crippen LogP contribution in [0.1, 0.15) is 61.5 Å². The first-order chi connectivity index (χ1) is 18.3. The lowest BCUT2D eigenvalue weighted by atomic mass is 9.86. The number of unbranched alkanes of at least 4 members (excludes halogenated alkanes) is 1. The number of sulfonamides is 1. The number of carboxylic acids is 1. The molecule has 1 heterocycles. The summed E-state index contributed by atoms with van der Waals surface area (Å²) < 4.78 is 61.0. The third kappa shape index (κ3) is 6.93. The van der Waals surface area contributed by atoms with Crippen LogP contribution in [0.25, 0.3) is 11.1 Å². The van der Waals surface area contributed by atoms with Crippen LogP contribution in [-0.2, 0) is 27.0 Å². The maximum atomic E-state index is 13.2. The molecule has 7 nitrogen and oxygen atoms in total. The zero-order valence-corrected chi connectivity index (χ0v) is 22.5. The molecule has 39 heavy (non-hydrogen) atoms. The maximum absolute atomic E-state index is 13.2. The van der Waals surface area contributed by atoms with Gasteiger partial charge in [-0.3, -0.25) is 4.79 Å². The van der Waals surface area contributed by atoms with E-state index in [9.17, 15) is 27.1 Å². The molecular weight excluding hydrogens is 528 g/mol. The Balaban J connectivity index is 1.68. The van der Waals surface area contributed by atoms with E-state index in [-0.39, 0.29) is 11.5 Å². The van der Waals surface area contributed by atoms with Crippen LogP contribution >= 0.6 is 0 Å². The number of nitrogens with two attached hydrogens (primary N) is 1. The number of carboxylic acid groups (broad SMARTS) is 1. The molecule has 0 spiro atoms. The van der Waals surface area contributed by atoms with Gasteiger partial charge in [-0.15, -0.1) is 0 Å². The monoisotopic (exact) mass is 559 g/mol. The van der Waals surface area contributed by atoms with Gasteiger partial charge < -0.3 is 14.6 Å². The van der Waals surface area contributed by atoms with E-state index in [1.54, 1.807) is 44.2 Å². The number of carbonyl (C=O) groups is 1. The van der Waals surface area contributed by atoms with E-state index in [0.29, 0.717) is 34.4 Å². The van der Waals surface area contributed by atoms with Gasteiger partial charge >= 0.3 is 12.6 Å². The molecule has 4 rings (SSSR count). The molecule has 0 bridgehead atoms. The molecule has 208 valence electrons. The minimum Gasteiger partial charge on any atom is -0.481 e. The molecule has 1 atom stereocenters. The number of aryl methyl sites for hydroxylation is 1. The number of fused-ring (bicyclic) bond motifs is 3. The highest BCUT2D eigenvalue weighted by Crippen LogP contribution is 2.49. The number of hydrogen-bond donors (Lipinski definition) is 2. The molecule has 0 fully saturated rings. The van der Waals surface area contributed by atoms with Crippen LogP contribution in [0.15, 0.2) is 60.7 Å². The molecule has 0 radical (unpaired) electrons. The highest BCUT2D eigenvalue weighted by atomic mass is 32.2. The normalized spacial score (nSPS) is 14.9. The van der Waals surface area contributed by atoms with Crippen molar-refractivity contribution in [3.63, 3.8) is 0 Å². The summed E-state index contributed by atoms with van der Waals surface area (Å²) in [5.74, 6) is -0.880. The fourth-order valence-electron chi connectivity index (χ4n) is 4.80. The molecule has 0 amide bonds. The lowest BCUT2D eigenvalue weighted by Crippen LogP contribution is -2.23. The molecule has 3 N–H and O–H groups in total. The number of halogens is 2. The first-order valence-electron chi connectivity index (χ1n) is 12.5. The summed E-state index contributed by atoms with van der Waals surface area (Å²) in [5, 5.41) is 14.6. The van der Waals surface area contributed by atoms with Crippen molar-refractivity contribution in [1.82, 2.24) is 0 Å². The van der Waals surface area contributed by atoms with Crippen molar-refractivity contribution in [3.8, 4) is 22.6 Å². The lowest BCUT2D eigenvalue weighted by molar-refractivity contribution is -0.147. The average Bonchev–Trinajstić information content (AvgIpc) is 2.85. The number of aliphatic carboxylic acids is 1. The highest BCUT2D eigenvalue weighted by Gasteiger charge is 2.31. The van der Waals surface area contributed by atoms with E-state index in [2.05, 4.69) is 0 Å². The molecule has 3 aromatic rings. The number of alkyl halides is 2. The van der Waals surface area contributed by atoms with Crippen LogP contribution in [0.5, 0.6) is 11.5 Å². The molecule has 10 heteroatoms. The van der Waals surface area contributed by atoms with Crippen molar-refractivity contribution in [2.75, 3.05) is 0 Å². The average molecular weight is 560 g/mol. The zero-order chi connectivity index (χ0) is 28.4. The summed E-state index contributed by atoms with van der Waals surface area (Å²) in [6, 6.07) is 17.4. The van der Waals surface area contributed by atoms with Crippen molar-refractivity contribution in [2.45, 2.75) is 58.0 Å². The predicted molar refractivity (Wildman–Crippen MR) is 143 cm³/mol. The maximum Gasteiger partial charge on any atom is 0.387 e. The van der Waals surface area contributed by atoms with E-state index in [4.69, 9.17) is 14.6 Å². The standard InChI is InChI=1S/C29H31F2NO6S/c1-29(2,27(33)34)14-4-3-7-18-8-5-9-20(15-18)26-22-16-19(17-39(32,35)36)12-13-21(22)25-23(37-26)10-6-11-24(25)38-28(30)31/h5-6,8-13,15-16,26,28H,3-4,7,14,17H2,1-2H3,(H,33,34)(H2,32,35,36). The van der Waals surface area contributed by atoms with Crippen LogP contribution in [-0.4, -0.2) is 26.1 Å². The second-order valence-corrected chi connectivity index (χ2v) is 12.0. The Labute approximate surface area is 226 Å². The topological polar surface area (TPSA) is 116 Å². The molecule has 1 aliphatic heterocycles. The van der Waals surface area contributed by atoms with E-state index >= 15 is 0 Å². The van der Waals surface area contributed by atoms with Gasteiger partial charge in [-0.2, -0.15) is 8.78 Å². The number of ether oxygens (including phenoxy) is 2. The number of benzene rings is 3. The van der Waals surface area contributed by atoms with Crippen LogP contribution in [0.3, 0.4) is 0 Å². The lowest BCUT2D eigenvalue weighted by Gasteiger charge is -2.31. The number of hydrogen-bond acceptors (Lipinski definition) is 5. The van der Waals surface area contributed by atoms with E-state index in [1.807, 2.05) is 24.3 Å². The Morgan fingerprint density at radius 3 is 2.51 bits per heavy atom. The summed E-state index contributed by atoms with van der Waals surface area (Å²) in [6.07, 6.45) is 2.22. The van der Waals surface area contributed by atoms with Crippen molar-refractivity contribution >= 4 is 16.0 Å². The van der Waals surface area contributed by atoms with Gasteiger partial charge in [-0.1, -0.05) is 55.0 Å². The smallest absolute Gasteiger partial charge is 0.387 e. The molecule has 3 aromatic carbocycles. The van der Waals surface area contributed by atoms with Crippen molar-refractivity contribution < 1.29 is 36.6 Å². The van der Waals surface area contributed by atoms with Crippen LogP contribution in [0.4, 0.5) is 8.78 Å². The van der Waals surface area contributed by atoms with Crippen LogP contribution < -0.4 is 14.6 Å². The number of primary sulfonamides is 1. The second-order valence-electron chi connectivity index (χ2n) is 10.4. The molecular formula is C29H31F2NO6S. The summed E-state index contributed by atoms with van der Waals surface area (Å²) >= 11 is 0.